The van der Waals surface area contributed by atoms with E-state index in [0.717, 1.165) is 38.0 Å². The van der Waals surface area contributed by atoms with Gasteiger partial charge in [-0.2, -0.15) is 0 Å². The second-order valence-electron chi connectivity index (χ2n) is 12.9. The molecule has 31 heavy (non-hydrogen) atoms. The molecule has 3 nitrogen and oxygen atoms in total. The van der Waals surface area contributed by atoms with E-state index < -0.39 is 11.5 Å². The molecule has 10 atom stereocenters. The highest BCUT2D eigenvalue weighted by Gasteiger charge is 2.70. The Balaban J connectivity index is 1.64. The molecular formula is C28H48O3. The lowest BCUT2D eigenvalue weighted by Gasteiger charge is -2.64. The average molecular weight is 433 g/mol. The third kappa shape index (κ3) is 3.48. The maximum atomic E-state index is 11.6. The number of fused-ring (bicyclic) bond motifs is 5. The van der Waals surface area contributed by atoms with Crippen molar-refractivity contribution in [1.82, 2.24) is 0 Å². The molecule has 0 aromatic heterocycles. The summed E-state index contributed by atoms with van der Waals surface area (Å²) in [4.78, 5) is 0. The number of hydrogen-bond acceptors (Lipinski definition) is 3. The molecule has 0 radical (unpaired) electrons. The Kier molecular flexibility index (Phi) is 6.47. The summed E-state index contributed by atoms with van der Waals surface area (Å²) in [5.41, 5.74) is -0.252. The van der Waals surface area contributed by atoms with Gasteiger partial charge in [-0.1, -0.05) is 66.0 Å². The third-order valence-electron chi connectivity index (χ3n) is 11.1. The normalized spacial score (nSPS) is 50.1. The predicted octanol–water partition coefficient (Wildman–Crippen LogP) is 5.58. The van der Waals surface area contributed by atoms with Gasteiger partial charge in [-0.15, -0.1) is 0 Å². The summed E-state index contributed by atoms with van der Waals surface area (Å²) in [6.45, 7) is 11.9. The molecule has 0 aromatic rings. The molecule has 0 heterocycles. The third-order valence-corrected chi connectivity index (χ3v) is 11.1. The van der Waals surface area contributed by atoms with E-state index in [2.05, 4.69) is 46.8 Å². The molecule has 0 amide bonds. The average Bonchev–Trinajstić information content (AvgIpc) is 2.95. The van der Waals surface area contributed by atoms with Gasteiger partial charge >= 0.3 is 0 Å². The van der Waals surface area contributed by atoms with Crippen molar-refractivity contribution < 1.29 is 15.3 Å². The van der Waals surface area contributed by atoms with Crippen molar-refractivity contribution in [1.29, 1.82) is 0 Å². The highest BCUT2D eigenvalue weighted by molar-refractivity contribution is 5.25. The Morgan fingerprint density at radius 3 is 2.39 bits per heavy atom. The quantitative estimate of drug-likeness (QED) is 0.480. The lowest BCUT2D eigenvalue weighted by atomic mass is 9.41. The van der Waals surface area contributed by atoms with Crippen LogP contribution in [0.25, 0.3) is 0 Å². The van der Waals surface area contributed by atoms with Crippen molar-refractivity contribution in [2.45, 2.75) is 105 Å². The molecule has 0 bridgehead atoms. The van der Waals surface area contributed by atoms with Crippen LogP contribution in [0.15, 0.2) is 12.2 Å². The molecule has 0 spiro atoms. The fourth-order valence-electron chi connectivity index (χ4n) is 9.15. The molecule has 4 aliphatic rings. The largest absolute Gasteiger partial charge is 0.396 e. The molecule has 3 fully saturated rings. The van der Waals surface area contributed by atoms with E-state index >= 15 is 0 Å². The molecule has 10 unspecified atom stereocenters. The van der Waals surface area contributed by atoms with Crippen molar-refractivity contribution in [2.75, 3.05) is 6.61 Å². The fourth-order valence-corrected chi connectivity index (χ4v) is 9.15. The second kappa shape index (κ2) is 8.44. The molecule has 3 saturated carbocycles. The van der Waals surface area contributed by atoms with Gasteiger partial charge in [-0.25, -0.2) is 0 Å². The van der Waals surface area contributed by atoms with Crippen LogP contribution in [0.2, 0.25) is 0 Å². The van der Waals surface area contributed by atoms with Gasteiger partial charge in [0.25, 0.3) is 0 Å². The minimum atomic E-state index is -0.424. The first-order valence-corrected chi connectivity index (χ1v) is 13.3. The number of hydrogen-bond donors (Lipinski definition) is 3. The maximum Gasteiger partial charge on any atom is 0.0632 e. The van der Waals surface area contributed by atoms with E-state index in [1.165, 1.54) is 25.7 Å². The predicted molar refractivity (Wildman–Crippen MR) is 126 cm³/mol. The van der Waals surface area contributed by atoms with Gasteiger partial charge in [-0.05, 0) is 84.9 Å². The first kappa shape index (κ1) is 23.8. The van der Waals surface area contributed by atoms with Crippen molar-refractivity contribution >= 4 is 0 Å². The van der Waals surface area contributed by atoms with Gasteiger partial charge < -0.3 is 15.3 Å². The Morgan fingerprint density at radius 2 is 1.71 bits per heavy atom. The van der Waals surface area contributed by atoms with E-state index in [9.17, 15) is 15.3 Å². The molecule has 4 rings (SSSR count). The summed E-state index contributed by atoms with van der Waals surface area (Å²) in [7, 11) is 0. The first-order chi connectivity index (χ1) is 14.6. The van der Waals surface area contributed by atoms with Crippen molar-refractivity contribution in [3.05, 3.63) is 12.2 Å². The summed E-state index contributed by atoms with van der Waals surface area (Å²) in [6.07, 6.45) is 13.9. The smallest absolute Gasteiger partial charge is 0.0632 e. The Bertz CT molecular complexity index is 673. The van der Waals surface area contributed by atoms with Gasteiger partial charge in [0.2, 0.25) is 0 Å². The summed E-state index contributed by atoms with van der Waals surface area (Å²) in [5, 5.41) is 32.8. The Morgan fingerprint density at radius 1 is 0.968 bits per heavy atom. The summed E-state index contributed by atoms with van der Waals surface area (Å²) in [6, 6.07) is 0. The van der Waals surface area contributed by atoms with E-state index in [1.807, 2.05) is 0 Å². The molecule has 178 valence electrons. The topological polar surface area (TPSA) is 60.7 Å². The zero-order valence-corrected chi connectivity index (χ0v) is 20.7. The number of allylic oxidation sites excluding steroid dienone is 2. The summed E-state index contributed by atoms with van der Waals surface area (Å²) >= 11 is 0. The van der Waals surface area contributed by atoms with Gasteiger partial charge in [0, 0.05) is 5.41 Å². The standard InChI is InChI=1S/C28H48O3/c1-18(2)7-6-8-19(3)24-16-25(31)28(17-29)23-10-9-20-15-21(30)11-13-26(20,4)22(23)12-14-27(24,28)5/h9-10,18-25,29-31H,6-8,11-17H2,1-5H3. The lowest BCUT2D eigenvalue weighted by molar-refractivity contribution is -0.176. The Hall–Kier alpha value is -0.380. The van der Waals surface area contributed by atoms with E-state index in [4.69, 9.17) is 0 Å². The van der Waals surface area contributed by atoms with Crippen LogP contribution in [-0.4, -0.2) is 34.1 Å². The fraction of sp³-hybridized carbons (Fsp3) is 0.929. The maximum absolute atomic E-state index is 11.6. The van der Waals surface area contributed by atoms with Gasteiger partial charge in [0.1, 0.15) is 0 Å². The lowest BCUT2D eigenvalue weighted by Crippen LogP contribution is -2.61. The van der Waals surface area contributed by atoms with Gasteiger partial charge in [0.15, 0.2) is 0 Å². The second-order valence-corrected chi connectivity index (χ2v) is 12.9. The van der Waals surface area contributed by atoms with Crippen LogP contribution in [-0.2, 0) is 0 Å². The molecule has 0 aliphatic heterocycles. The molecule has 3 heteroatoms. The minimum Gasteiger partial charge on any atom is -0.396 e. The van der Waals surface area contributed by atoms with Crippen LogP contribution >= 0.6 is 0 Å². The van der Waals surface area contributed by atoms with E-state index in [1.54, 1.807) is 0 Å². The van der Waals surface area contributed by atoms with Crippen molar-refractivity contribution in [3.63, 3.8) is 0 Å². The monoisotopic (exact) mass is 432 g/mol. The summed E-state index contributed by atoms with van der Waals surface area (Å²) < 4.78 is 0. The van der Waals surface area contributed by atoms with Crippen LogP contribution < -0.4 is 0 Å². The SMILES string of the molecule is CC(C)CCCC(C)C1CC(O)C2(CO)C3C=CC4CC(O)CCC4(C)C3CCC12C. The van der Waals surface area contributed by atoms with Crippen LogP contribution in [0.5, 0.6) is 0 Å². The Labute approximate surface area is 190 Å². The van der Waals surface area contributed by atoms with Crippen LogP contribution in [0.1, 0.15) is 92.4 Å². The minimum absolute atomic E-state index is 0.0126. The number of aliphatic hydroxyl groups excluding tert-OH is 3. The van der Waals surface area contributed by atoms with Gasteiger partial charge in [0.05, 0.1) is 18.8 Å². The van der Waals surface area contributed by atoms with Crippen molar-refractivity contribution in [3.8, 4) is 0 Å². The molecule has 3 N–H and O–H groups in total. The molecular weight excluding hydrogens is 384 g/mol. The summed E-state index contributed by atoms with van der Waals surface area (Å²) in [5.74, 6) is 3.00. The van der Waals surface area contributed by atoms with Crippen molar-refractivity contribution in [2.24, 2.45) is 51.8 Å². The van der Waals surface area contributed by atoms with E-state index in [-0.39, 0.29) is 29.5 Å². The zero-order valence-electron chi connectivity index (χ0n) is 20.7. The van der Waals surface area contributed by atoms with E-state index in [0.29, 0.717) is 23.7 Å². The van der Waals surface area contributed by atoms with Crippen LogP contribution in [0, 0.1) is 51.8 Å². The highest BCUT2D eigenvalue weighted by atomic mass is 16.3. The van der Waals surface area contributed by atoms with Crippen LogP contribution in [0.3, 0.4) is 0 Å². The number of aliphatic hydroxyl groups is 3. The zero-order chi connectivity index (χ0) is 22.6. The first-order valence-electron chi connectivity index (χ1n) is 13.3. The molecule has 0 aromatic carbocycles. The molecule has 4 aliphatic carbocycles. The van der Waals surface area contributed by atoms with Gasteiger partial charge in [-0.3, -0.25) is 0 Å². The molecule has 0 saturated heterocycles. The highest BCUT2D eigenvalue weighted by Crippen LogP contribution is 2.72. The van der Waals surface area contributed by atoms with Crippen LogP contribution in [0.4, 0.5) is 0 Å². The number of rotatable bonds is 6.